The van der Waals surface area contributed by atoms with Crippen LogP contribution in [0, 0.1) is 0 Å². The summed E-state index contributed by atoms with van der Waals surface area (Å²) in [5.41, 5.74) is 5.54. The first-order chi connectivity index (χ1) is 15.6. The molecule has 0 fully saturated rings. The van der Waals surface area contributed by atoms with Crippen LogP contribution in [0.2, 0.25) is 0 Å². The van der Waals surface area contributed by atoms with Crippen molar-refractivity contribution in [1.29, 1.82) is 0 Å². The van der Waals surface area contributed by atoms with E-state index in [-0.39, 0.29) is 5.41 Å². The Kier molecular flexibility index (Phi) is 3.57. The van der Waals surface area contributed by atoms with Gasteiger partial charge in [-0.3, -0.25) is 0 Å². The summed E-state index contributed by atoms with van der Waals surface area (Å²) in [6, 6.07) is 33.7. The molecule has 1 aliphatic rings. The molecular formula is C31H21Br. The standard InChI is InChI=1S/C31H21Br/c1-31(2)27-16-25-21-12-6-4-10-19(21)18-9-3-5-11-20(18)24(25)15-26(27)30-23-14-8-7-13-22(23)29(32)17-28(30)31/h3-17H,1-2H3. The van der Waals surface area contributed by atoms with Gasteiger partial charge in [-0.2, -0.15) is 0 Å². The van der Waals surface area contributed by atoms with Crippen molar-refractivity contribution in [2.45, 2.75) is 19.3 Å². The molecule has 1 heteroatoms. The molecule has 0 nitrogen and oxygen atoms in total. The van der Waals surface area contributed by atoms with Gasteiger partial charge in [0.05, 0.1) is 0 Å². The number of hydrogen-bond donors (Lipinski definition) is 0. The third-order valence-electron chi connectivity index (χ3n) is 7.49. The lowest BCUT2D eigenvalue weighted by Crippen LogP contribution is -2.15. The smallest absolute Gasteiger partial charge is 0.0257 e. The van der Waals surface area contributed by atoms with Crippen molar-refractivity contribution >= 4 is 59.0 Å². The Hall–Kier alpha value is -3.16. The van der Waals surface area contributed by atoms with Crippen LogP contribution >= 0.6 is 15.9 Å². The Morgan fingerprint density at radius 3 is 1.56 bits per heavy atom. The van der Waals surface area contributed by atoms with Crippen LogP contribution in [-0.4, -0.2) is 0 Å². The Morgan fingerprint density at radius 2 is 0.969 bits per heavy atom. The maximum Gasteiger partial charge on any atom is 0.0257 e. The molecule has 0 saturated heterocycles. The minimum absolute atomic E-state index is 0.0574. The van der Waals surface area contributed by atoms with Gasteiger partial charge < -0.3 is 0 Å². The highest BCUT2D eigenvalue weighted by molar-refractivity contribution is 9.10. The van der Waals surface area contributed by atoms with E-state index in [1.165, 1.54) is 69.8 Å². The minimum Gasteiger partial charge on any atom is -0.0616 e. The minimum atomic E-state index is -0.0574. The molecule has 7 rings (SSSR count). The summed E-state index contributed by atoms with van der Waals surface area (Å²) in [7, 11) is 0. The SMILES string of the molecule is CC1(C)c2cc3c4ccccc4c4ccccc4c3cc2-c2c1cc(Br)c1ccccc21. The highest BCUT2D eigenvalue weighted by atomic mass is 79.9. The van der Waals surface area contributed by atoms with Crippen LogP contribution in [0.5, 0.6) is 0 Å². The summed E-state index contributed by atoms with van der Waals surface area (Å²) in [5.74, 6) is 0. The molecule has 0 bridgehead atoms. The van der Waals surface area contributed by atoms with E-state index in [0.717, 1.165) is 0 Å². The lowest BCUT2D eigenvalue weighted by Gasteiger charge is -2.23. The maximum atomic E-state index is 3.86. The fraction of sp³-hybridized carbons (Fsp3) is 0.0968. The highest BCUT2D eigenvalue weighted by Gasteiger charge is 2.37. The van der Waals surface area contributed by atoms with E-state index in [9.17, 15) is 0 Å². The zero-order chi connectivity index (χ0) is 21.6. The Bertz CT molecular complexity index is 1750. The molecule has 0 heterocycles. The lowest BCUT2D eigenvalue weighted by atomic mass is 9.81. The fourth-order valence-electron chi connectivity index (χ4n) is 5.93. The Balaban J connectivity index is 1.73. The number of hydrogen-bond acceptors (Lipinski definition) is 0. The van der Waals surface area contributed by atoms with Gasteiger partial charge in [-0.15, -0.1) is 0 Å². The van der Waals surface area contributed by atoms with Crippen molar-refractivity contribution in [2.75, 3.05) is 0 Å². The molecule has 0 radical (unpaired) electrons. The van der Waals surface area contributed by atoms with Gasteiger partial charge in [0.15, 0.2) is 0 Å². The zero-order valence-electron chi connectivity index (χ0n) is 18.0. The van der Waals surface area contributed by atoms with Gasteiger partial charge in [-0.05, 0) is 83.5 Å². The first-order valence-electron chi connectivity index (χ1n) is 11.2. The average molecular weight is 473 g/mol. The average Bonchev–Trinajstić information content (AvgIpc) is 3.05. The number of halogens is 1. The molecule has 6 aromatic rings. The van der Waals surface area contributed by atoms with Gasteiger partial charge in [-0.1, -0.05) is 103 Å². The molecule has 0 unspecified atom stereocenters. The van der Waals surface area contributed by atoms with E-state index >= 15 is 0 Å². The molecule has 1 aliphatic carbocycles. The summed E-state index contributed by atoms with van der Waals surface area (Å²) in [6.07, 6.45) is 0. The van der Waals surface area contributed by atoms with Gasteiger partial charge >= 0.3 is 0 Å². The van der Waals surface area contributed by atoms with Gasteiger partial charge in [0, 0.05) is 9.89 Å². The topological polar surface area (TPSA) is 0 Å². The molecule has 0 spiro atoms. The van der Waals surface area contributed by atoms with Gasteiger partial charge in [-0.25, -0.2) is 0 Å². The van der Waals surface area contributed by atoms with Gasteiger partial charge in [0.25, 0.3) is 0 Å². The van der Waals surface area contributed by atoms with E-state index in [1.54, 1.807) is 0 Å². The maximum absolute atomic E-state index is 3.86. The molecule has 6 aromatic carbocycles. The van der Waals surface area contributed by atoms with Crippen LogP contribution in [0.1, 0.15) is 25.0 Å². The summed E-state index contributed by atoms with van der Waals surface area (Å²) >= 11 is 3.86. The second-order valence-electron chi connectivity index (χ2n) is 9.49. The second kappa shape index (κ2) is 6.21. The quantitative estimate of drug-likeness (QED) is 0.193. The van der Waals surface area contributed by atoms with Crippen LogP contribution in [0.3, 0.4) is 0 Å². The first kappa shape index (κ1) is 18.4. The molecule has 0 atom stereocenters. The van der Waals surface area contributed by atoms with Crippen LogP contribution in [0.15, 0.2) is 95.5 Å². The third kappa shape index (κ3) is 2.22. The molecule has 152 valence electrons. The largest absolute Gasteiger partial charge is 0.0616 e. The van der Waals surface area contributed by atoms with Gasteiger partial charge in [0.2, 0.25) is 0 Å². The monoisotopic (exact) mass is 472 g/mol. The molecule has 0 amide bonds. The van der Waals surface area contributed by atoms with Crippen molar-refractivity contribution in [3.63, 3.8) is 0 Å². The first-order valence-corrected chi connectivity index (χ1v) is 11.9. The molecule has 0 saturated carbocycles. The van der Waals surface area contributed by atoms with E-state index < -0.39 is 0 Å². The highest BCUT2D eigenvalue weighted by Crippen LogP contribution is 2.54. The number of rotatable bonds is 0. The lowest BCUT2D eigenvalue weighted by molar-refractivity contribution is 0.661. The zero-order valence-corrected chi connectivity index (χ0v) is 19.6. The predicted octanol–water partition coefficient (Wildman–Crippen LogP) is 9.37. The molecule has 0 aromatic heterocycles. The molecule has 0 N–H and O–H groups in total. The molecular weight excluding hydrogens is 452 g/mol. The van der Waals surface area contributed by atoms with E-state index in [1.807, 2.05) is 0 Å². The Labute approximate surface area is 195 Å². The molecule has 0 aliphatic heterocycles. The van der Waals surface area contributed by atoms with E-state index in [2.05, 4.69) is 121 Å². The predicted molar refractivity (Wildman–Crippen MR) is 142 cm³/mol. The molecule has 32 heavy (non-hydrogen) atoms. The summed E-state index contributed by atoms with van der Waals surface area (Å²) in [4.78, 5) is 0. The van der Waals surface area contributed by atoms with Crippen molar-refractivity contribution in [3.8, 4) is 11.1 Å². The van der Waals surface area contributed by atoms with Crippen molar-refractivity contribution < 1.29 is 0 Å². The van der Waals surface area contributed by atoms with Crippen LogP contribution < -0.4 is 0 Å². The second-order valence-corrected chi connectivity index (χ2v) is 10.3. The number of fused-ring (bicyclic) bond motifs is 11. The van der Waals surface area contributed by atoms with Crippen LogP contribution in [0.25, 0.3) is 54.2 Å². The van der Waals surface area contributed by atoms with Crippen molar-refractivity contribution in [1.82, 2.24) is 0 Å². The fourth-order valence-corrected chi connectivity index (χ4v) is 6.51. The third-order valence-corrected chi connectivity index (χ3v) is 8.15. The normalized spacial score (nSPS) is 14.3. The van der Waals surface area contributed by atoms with E-state index in [0.29, 0.717) is 0 Å². The summed E-state index contributed by atoms with van der Waals surface area (Å²) in [6.45, 7) is 4.74. The summed E-state index contributed by atoms with van der Waals surface area (Å²) in [5, 5.41) is 10.6. The van der Waals surface area contributed by atoms with Crippen molar-refractivity contribution in [3.05, 3.63) is 107 Å². The van der Waals surface area contributed by atoms with Crippen LogP contribution in [0.4, 0.5) is 0 Å². The number of benzene rings is 6. The van der Waals surface area contributed by atoms with Crippen LogP contribution in [-0.2, 0) is 5.41 Å². The van der Waals surface area contributed by atoms with Gasteiger partial charge in [0.1, 0.15) is 0 Å². The van der Waals surface area contributed by atoms with Crippen molar-refractivity contribution in [2.24, 2.45) is 0 Å². The Morgan fingerprint density at radius 1 is 0.500 bits per heavy atom. The summed E-state index contributed by atoms with van der Waals surface area (Å²) < 4.78 is 1.17. The van der Waals surface area contributed by atoms with E-state index in [4.69, 9.17) is 0 Å².